The van der Waals surface area contributed by atoms with Gasteiger partial charge in [-0.1, -0.05) is 12.1 Å². The maximum absolute atomic E-state index is 8.59. The monoisotopic (exact) mass is 237 g/mol. The summed E-state index contributed by atoms with van der Waals surface area (Å²) in [4.78, 5) is 3.99. The molecule has 18 heavy (non-hydrogen) atoms. The number of hydrogen-bond acceptors (Lipinski definition) is 3. The second-order valence-corrected chi connectivity index (χ2v) is 4.06. The van der Waals surface area contributed by atoms with Gasteiger partial charge in [0.1, 0.15) is 0 Å². The minimum Gasteiger partial charge on any atom is -0.385 e. The van der Waals surface area contributed by atoms with E-state index in [-0.39, 0.29) is 0 Å². The van der Waals surface area contributed by atoms with E-state index in [0.29, 0.717) is 6.42 Å². The second kappa shape index (κ2) is 6.41. The third-order valence-electron chi connectivity index (χ3n) is 2.73. The van der Waals surface area contributed by atoms with Crippen molar-refractivity contribution in [3.63, 3.8) is 0 Å². The average molecular weight is 237 g/mol. The topological polar surface area (TPSA) is 48.7 Å². The van der Waals surface area contributed by atoms with Crippen LogP contribution in [0.3, 0.4) is 0 Å². The first kappa shape index (κ1) is 12.1. The SMILES string of the molecule is N#CCc1ccc(NCCc2ccncc2)cc1. The Labute approximate surface area is 107 Å². The summed E-state index contributed by atoms with van der Waals surface area (Å²) in [6.07, 6.45) is 5.07. The highest BCUT2D eigenvalue weighted by atomic mass is 14.9. The fourth-order valence-electron chi connectivity index (χ4n) is 1.73. The smallest absolute Gasteiger partial charge is 0.0669 e. The number of aromatic nitrogens is 1. The van der Waals surface area contributed by atoms with Gasteiger partial charge in [0.2, 0.25) is 0 Å². The van der Waals surface area contributed by atoms with Gasteiger partial charge in [-0.3, -0.25) is 4.98 Å². The van der Waals surface area contributed by atoms with Crippen LogP contribution in [0.1, 0.15) is 11.1 Å². The van der Waals surface area contributed by atoms with Crippen LogP contribution in [-0.2, 0) is 12.8 Å². The van der Waals surface area contributed by atoms with E-state index < -0.39 is 0 Å². The lowest BCUT2D eigenvalue weighted by atomic mass is 10.1. The van der Waals surface area contributed by atoms with Gasteiger partial charge in [0.15, 0.2) is 0 Å². The number of anilines is 1. The van der Waals surface area contributed by atoms with E-state index in [9.17, 15) is 0 Å². The average Bonchev–Trinajstić information content (AvgIpc) is 2.42. The van der Waals surface area contributed by atoms with Crippen molar-refractivity contribution in [2.45, 2.75) is 12.8 Å². The molecule has 2 aromatic rings. The third kappa shape index (κ3) is 3.60. The van der Waals surface area contributed by atoms with Crippen LogP contribution in [0.4, 0.5) is 5.69 Å². The van der Waals surface area contributed by atoms with Gasteiger partial charge in [-0.25, -0.2) is 0 Å². The van der Waals surface area contributed by atoms with E-state index in [1.54, 1.807) is 0 Å². The standard InChI is InChI=1S/C15H15N3/c16-9-5-13-1-3-15(4-2-13)18-12-8-14-6-10-17-11-7-14/h1-4,6-7,10-11,18H,5,8,12H2. The van der Waals surface area contributed by atoms with E-state index in [2.05, 4.69) is 16.4 Å². The molecule has 0 aliphatic heterocycles. The molecule has 0 saturated carbocycles. The number of nitriles is 1. The molecule has 1 aromatic carbocycles. The maximum Gasteiger partial charge on any atom is 0.0669 e. The summed E-state index contributed by atoms with van der Waals surface area (Å²) in [5.41, 5.74) is 3.42. The highest BCUT2D eigenvalue weighted by molar-refractivity contribution is 5.45. The Kier molecular flexibility index (Phi) is 4.32. The molecule has 2 rings (SSSR count). The molecule has 1 aromatic heterocycles. The Hall–Kier alpha value is -2.34. The van der Waals surface area contributed by atoms with Gasteiger partial charge in [-0.05, 0) is 41.8 Å². The normalized spacial score (nSPS) is 9.72. The van der Waals surface area contributed by atoms with Crippen LogP contribution in [0.2, 0.25) is 0 Å². The Balaban J connectivity index is 1.82. The van der Waals surface area contributed by atoms with Crippen LogP contribution < -0.4 is 5.32 Å². The summed E-state index contributed by atoms with van der Waals surface area (Å²) in [6.45, 7) is 0.890. The van der Waals surface area contributed by atoms with Crippen molar-refractivity contribution in [1.82, 2.24) is 4.98 Å². The summed E-state index contributed by atoms with van der Waals surface area (Å²) in [6, 6.07) is 14.2. The predicted octanol–water partition coefficient (Wildman–Crippen LogP) is 2.80. The number of nitrogens with one attached hydrogen (secondary N) is 1. The van der Waals surface area contributed by atoms with Gasteiger partial charge >= 0.3 is 0 Å². The summed E-state index contributed by atoms with van der Waals surface area (Å²) in [5.74, 6) is 0. The van der Waals surface area contributed by atoms with E-state index >= 15 is 0 Å². The fraction of sp³-hybridized carbons (Fsp3) is 0.200. The molecule has 0 spiro atoms. The summed E-state index contributed by atoms with van der Waals surface area (Å²) in [7, 11) is 0. The van der Waals surface area contributed by atoms with Gasteiger partial charge in [0, 0.05) is 24.6 Å². The molecule has 0 bridgehead atoms. The van der Waals surface area contributed by atoms with E-state index in [1.165, 1.54) is 5.56 Å². The zero-order valence-electron chi connectivity index (χ0n) is 10.1. The Morgan fingerprint density at radius 1 is 1.00 bits per heavy atom. The minimum atomic E-state index is 0.470. The van der Waals surface area contributed by atoms with Crippen molar-refractivity contribution in [2.24, 2.45) is 0 Å². The molecule has 0 saturated heterocycles. The van der Waals surface area contributed by atoms with Crippen molar-refractivity contribution in [3.05, 3.63) is 59.9 Å². The lowest BCUT2D eigenvalue weighted by molar-refractivity contribution is 1.01. The Morgan fingerprint density at radius 3 is 2.39 bits per heavy atom. The van der Waals surface area contributed by atoms with Crippen LogP contribution >= 0.6 is 0 Å². The number of pyridine rings is 1. The van der Waals surface area contributed by atoms with Gasteiger partial charge in [0.25, 0.3) is 0 Å². The lowest BCUT2D eigenvalue weighted by Crippen LogP contribution is -2.04. The first-order valence-electron chi connectivity index (χ1n) is 5.97. The molecule has 0 aliphatic rings. The maximum atomic E-state index is 8.59. The first-order chi connectivity index (χ1) is 8.88. The van der Waals surface area contributed by atoms with Crippen molar-refractivity contribution < 1.29 is 0 Å². The molecule has 0 radical (unpaired) electrons. The van der Waals surface area contributed by atoms with Crippen LogP contribution in [0.5, 0.6) is 0 Å². The molecule has 90 valence electrons. The molecule has 3 heteroatoms. The van der Waals surface area contributed by atoms with Gasteiger partial charge in [-0.15, -0.1) is 0 Å². The van der Waals surface area contributed by atoms with Crippen LogP contribution in [-0.4, -0.2) is 11.5 Å². The largest absolute Gasteiger partial charge is 0.385 e. The van der Waals surface area contributed by atoms with Crippen molar-refractivity contribution in [1.29, 1.82) is 5.26 Å². The minimum absolute atomic E-state index is 0.470. The summed E-state index contributed by atoms with van der Waals surface area (Å²) in [5, 5.41) is 11.9. The molecule has 0 atom stereocenters. The predicted molar refractivity (Wildman–Crippen MR) is 72.2 cm³/mol. The highest BCUT2D eigenvalue weighted by Gasteiger charge is 1.95. The van der Waals surface area contributed by atoms with E-state index in [4.69, 9.17) is 5.26 Å². The number of nitrogens with zero attached hydrogens (tertiary/aromatic N) is 2. The molecule has 1 heterocycles. The van der Waals surface area contributed by atoms with E-state index in [0.717, 1.165) is 24.2 Å². The molecule has 3 nitrogen and oxygen atoms in total. The molecule has 0 fully saturated rings. The Bertz CT molecular complexity index is 512. The fourth-order valence-corrected chi connectivity index (χ4v) is 1.73. The van der Waals surface area contributed by atoms with Crippen LogP contribution in [0.15, 0.2) is 48.8 Å². The summed E-state index contributed by atoms with van der Waals surface area (Å²) >= 11 is 0. The number of rotatable bonds is 5. The number of benzene rings is 1. The Morgan fingerprint density at radius 2 is 1.72 bits per heavy atom. The van der Waals surface area contributed by atoms with Crippen molar-refractivity contribution >= 4 is 5.69 Å². The second-order valence-electron chi connectivity index (χ2n) is 4.06. The highest BCUT2D eigenvalue weighted by Crippen LogP contribution is 2.10. The number of hydrogen-bond donors (Lipinski definition) is 1. The molecule has 1 N–H and O–H groups in total. The summed E-state index contributed by atoms with van der Waals surface area (Å²) < 4.78 is 0. The van der Waals surface area contributed by atoms with Crippen molar-refractivity contribution in [2.75, 3.05) is 11.9 Å². The zero-order valence-corrected chi connectivity index (χ0v) is 10.1. The van der Waals surface area contributed by atoms with Gasteiger partial charge < -0.3 is 5.32 Å². The zero-order chi connectivity index (χ0) is 12.6. The van der Waals surface area contributed by atoms with Gasteiger partial charge in [0.05, 0.1) is 12.5 Å². The van der Waals surface area contributed by atoms with Gasteiger partial charge in [-0.2, -0.15) is 5.26 Å². The molecule has 0 amide bonds. The lowest BCUT2D eigenvalue weighted by Gasteiger charge is -2.06. The molecule has 0 unspecified atom stereocenters. The quantitative estimate of drug-likeness (QED) is 0.869. The molecular weight excluding hydrogens is 222 g/mol. The third-order valence-corrected chi connectivity index (χ3v) is 2.73. The van der Waals surface area contributed by atoms with Crippen LogP contribution in [0.25, 0.3) is 0 Å². The van der Waals surface area contributed by atoms with Crippen LogP contribution in [0, 0.1) is 11.3 Å². The van der Waals surface area contributed by atoms with Crippen molar-refractivity contribution in [3.8, 4) is 6.07 Å². The molecule has 0 aliphatic carbocycles. The molecular formula is C15H15N3. The van der Waals surface area contributed by atoms with E-state index in [1.807, 2.05) is 48.8 Å². The first-order valence-corrected chi connectivity index (χ1v) is 5.97.